The summed E-state index contributed by atoms with van der Waals surface area (Å²) in [5.41, 5.74) is 0. The Labute approximate surface area is 109 Å². The second-order valence-corrected chi connectivity index (χ2v) is 6.20. The predicted octanol–water partition coefficient (Wildman–Crippen LogP) is 2.02. The van der Waals surface area contributed by atoms with Crippen molar-refractivity contribution in [2.24, 2.45) is 5.92 Å². The van der Waals surface area contributed by atoms with Crippen molar-refractivity contribution in [2.75, 3.05) is 24.6 Å². The second-order valence-electron chi connectivity index (χ2n) is 4.88. The molecule has 1 fully saturated rings. The van der Waals surface area contributed by atoms with Crippen LogP contribution < -0.4 is 10.6 Å². The van der Waals surface area contributed by atoms with Crippen LogP contribution in [0.4, 0.5) is 0 Å². The average Bonchev–Trinajstić information content (AvgIpc) is 2.35. The van der Waals surface area contributed by atoms with Gasteiger partial charge in [0.2, 0.25) is 5.91 Å². The molecule has 1 aliphatic heterocycles. The molecule has 0 aromatic rings. The third-order valence-corrected chi connectivity index (χ3v) is 4.30. The maximum Gasteiger partial charge on any atom is 0.220 e. The van der Waals surface area contributed by atoms with E-state index >= 15 is 0 Å². The lowest BCUT2D eigenvalue weighted by Gasteiger charge is -2.22. The van der Waals surface area contributed by atoms with Crippen LogP contribution in [0.1, 0.15) is 39.5 Å². The molecule has 0 saturated carbocycles. The van der Waals surface area contributed by atoms with Crippen LogP contribution in [0.15, 0.2) is 0 Å². The van der Waals surface area contributed by atoms with Crippen molar-refractivity contribution >= 4 is 17.7 Å². The highest BCUT2D eigenvalue weighted by Crippen LogP contribution is 2.15. The van der Waals surface area contributed by atoms with Crippen molar-refractivity contribution < 1.29 is 4.79 Å². The van der Waals surface area contributed by atoms with Crippen LogP contribution in [-0.4, -0.2) is 36.5 Å². The van der Waals surface area contributed by atoms with Crippen LogP contribution in [0.5, 0.6) is 0 Å². The Morgan fingerprint density at radius 2 is 2.41 bits per heavy atom. The molecular formula is C13H26N2OS. The van der Waals surface area contributed by atoms with Crippen LogP contribution in [0.3, 0.4) is 0 Å². The molecule has 17 heavy (non-hydrogen) atoms. The predicted molar refractivity (Wildman–Crippen MR) is 75.4 cm³/mol. The largest absolute Gasteiger partial charge is 0.353 e. The van der Waals surface area contributed by atoms with Crippen LogP contribution in [0.2, 0.25) is 0 Å². The lowest BCUT2D eigenvalue weighted by molar-refractivity contribution is -0.121. The van der Waals surface area contributed by atoms with Gasteiger partial charge in [-0.3, -0.25) is 4.79 Å². The number of carbonyl (C=O) groups excluding carboxylic acids is 1. The third-order valence-electron chi connectivity index (χ3n) is 3.16. The zero-order valence-electron chi connectivity index (χ0n) is 11.1. The standard InChI is InChI=1S/C13H26N2OS/c1-3-17-10-11(2)15-13(16)7-6-12-5-4-8-14-9-12/h11-12,14H,3-10H2,1-2H3,(H,15,16). The Morgan fingerprint density at radius 3 is 3.06 bits per heavy atom. The second kappa shape index (κ2) is 8.81. The van der Waals surface area contributed by atoms with Gasteiger partial charge >= 0.3 is 0 Å². The molecule has 3 nitrogen and oxygen atoms in total. The van der Waals surface area contributed by atoms with Crippen molar-refractivity contribution in [2.45, 2.75) is 45.6 Å². The monoisotopic (exact) mass is 258 g/mol. The summed E-state index contributed by atoms with van der Waals surface area (Å²) in [6, 6.07) is 0.303. The molecular weight excluding hydrogens is 232 g/mol. The number of carbonyl (C=O) groups is 1. The molecule has 1 amide bonds. The van der Waals surface area contributed by atoms with E-state index in [4.69, 9.17) is 0 Å². The first kappa shape index (κ1) is 14.8. The van der Waals surface area contributed by atoms with Gasteiger partial charge in [0.15, 0.2) is 0 Å². The van der Waals surface area contributed by atoms with Gasteiger partial charge in [0.05, 0.1) is 0 Å². The molecule has 0 spiro atoms. The number of amides is 1. The summed E-state index contributed by atoms with van der Waals surface area (Å²) in [5, 5.41) is 6.47. The number of nitrogens with one attached hydrogen (secondary N) is 2. The van der Waals surface area contributed by atoms with E-state index in [1.165, 1.54) is 12.8 Å². The van der Waals surface area contributed by atoms with Crippen molar-refractivity contribution in [3.63, 3.8) is 0 Å². The summed E-state index contributed by atoms with van der Waals surface area (Å²) >= 11 is 1.88. The molecule has 1 saturated heterocycles. The fourth-order valence-electron chi connectivity index (χ4n) is 2.19. The molecule has 1 aliphatic rings. The zero-order chi connectivity index (χ0) is 12.5. The molecule has 0 aromatic carbocycles. The summed E-state index contributed by atoms with van der Waals surface area (Å²) < 4.78 is 0. The topological polar surface area (TPSA) is 41.1 Å². The summed E-state index contributed by atoms with van der Waals surface area (Å²) in [4.78, 5) is 11.7. The minimum Gasteiger partial charge on any atom is -0.353 e. The zero-order valence-corrected chi connectivity index (χ0v) is 11.9. The maximum absolute atomic E-state index is 11.7. The Bertz CT molecular complexity index is 217. The number of thioether (sulfide) groups is 1. The van der Waals surface area contributed by atoms with Gasteiger partial charge in [-0.15, -0.1) is 0 Å². The van der Waals surface area contributed by atoms with Crippen molar-refractivity contribution in [1.82, 2.24) is 10.6 Å². The molecule has 1 rings (SSSR count). The molecule has 100 valence electrons. The Kier molecular flexibility index (Phi) is 7.69. The number of hydrogen-bond acceptors (Lipinski definition) is 3. The fourth-order valence-corrected chi connectivity index (χ4v) is 2.86. The Balaban J connectivity index is 2.07. The van der Waals surface area contributed by atoms with Gasteiger partial charge in [-0.1, -0.05) is 6.92 Å². The molecule has 1 heterocycles. The highest BCUT2D eigenvalue weighted by atomic mass is 32.2. The van der Waals surface area contributed by atoms with E-state index in [-0.39, 0.29) is 5.91 Å². The first-order valence-electron chi connectivity index (χ1n) is 6.80. The minimum atomic E-state index is 0.222. The maximum atomic E-state index is 11.7. The van der Waals surface area contributed by atoms with Gasteiger partial charge in [0.25, 0.3) is 0 Å². The SMILES string of the molecule is CCSCC(C)NC(=O)CCC1CCCNC1. The Morgan fingerprint density at radius 1 is 1.59 bits per heavy atom. The van der Waals surface area contributed by atoms with E-state index in [2.05, 4.69) is 24.5 Å². The number of rotatable bonds is 7. The molecule has 0 aliphatic carbocycles. The van der Waals surface area contributed by atoms with E-state index in [9.17, 15) is 4.79 Å². The smallest absolute Gasteiger partial charge is 0.220 e. The van der Waals surface area contributed by atoms with Gasteiger partial charge in [0, 0.05) is 18.2 Å². The lowest BCUT2D eigenvalue weighted by atomic mass is 9.94. The van der Waals surface area contributed by atoms with E-state index in [1.54, 1.807) is 0 Å². The van der Waals surface area contributed by atoms with Crippen LogP contribution in [0.25, 0.3) is 0 Å². The molecule has 0 radical (unpaired) electrons. The molecule has 2 unspecified atom stereocenters. The summed E-state index contributed by atoms with van der Waals surface area (Å²) in [7, 11) is 0. The van der Waals surface area contributed by atoms with E-state index in [1.807, 2.05) is 11.8 Å². The van der Waals surface area contributed by atoms with Gasteiger partial charge in [0.1, 0.15) is 0 Å². The normalized spacial score (nSPS) is 22.1. The summed E-state index contributed by atoms with van der Waals surface area (Å²) in [5.74, 6) is 3.07. The number of hydrogen-bond donors (Lipinski definition) is 2. The van der Waals surface area contributed by atoms with Crippen LogP contribution >= 0.6 is 11.8 Å². The number of piperidine rings is 1. The van der Waals surface area contributed by atoms with Gasteiger partial charge < -0.3 is 10.6 Å². The van der Waals surface area contributed by atoms with E-state index in [0.29, 0.717) is 18.4 Å². The molecule has 0 aromatic heterocycles. The van der Waals surface area contributed by atoms with Gasteiger partial charge in [-0.05, 0) is 50.9 Å². The molecule has 0 bridgehead atoms. The molecule has 2 atom stereocenters. The minimum absolute atomic E-state index is 0.222. The fraction of sp³-hybridized carbons (Fsp3) is 0.923. The van der Waals surface area contributed by atoms with Crippen LogP contribution in [0, 0.1) is 5.92 Å². The third kappa shape index (κ3) is 6.94. The Hall–Kier alpha value is -0.220. The van der Waals surface area contributed by atoms with Gasteiger partial charge in [-0.25, -0.2) is 0 Å². The quantitative estimate of drug-likeness (QED) is 0.734. The van der Waals surface area contributed by atoms with E-state index < -0.39 is 0 Å². The molecule has 2 N–H and O–H groups in total. The summed E-state index contributed by atoms with van der Waals surface area (Å²) in [6.07, 6.45) is 4.26. The lowest BCUT2D eigenvalue weighted by Crippen LogP contribution is -2.35. The van der Waals surface area contributed by atoms with Crippen molar-refractivity contribution in [3.05, 3.63) is 0 Å². The first-order chi connectivity index (χ1) is 8.22. The van der Waals surface area contributed by atoms with E-state index in [0.717, 1.165) is 31.0 Å². The van der Waals surface area contributed by atoms with Crippen molar-refractivity contribution in [1.29, 1.82) is 0 Å². The molecule has 4 heteroatoms. The summed E-state index contributed by atoms with van der Waals surface area (Å²) in [6.45, 7) is 6.47. The van der Waals surface area contributed by atoms with Gasteiger partial charge in [-0.2, -0.15) is 11.8 Å². The highest BCUT2D eigenvalue weighted by Gasteiger charge is 2.15. The first-order valence-corrected chi connectivity index (χ1v) is 7.95. The van der Waals surface area contributed by atoms with Crippen LogP contribution in [-0.2, 0) is 4.79 Å². The van der Waals surface area contributed by atoms with Crippen molar-refractivity contribution in [3.8, 4) is 0 Å². The highest BCUT2D eigenvalue weighted by molar-refractivity contribution is 7.99. The average molecular weight is 258 g/mol.